The van der Waals surface area contributed by atoms with Crippen LogP contribution in [0.25, 0.3) is 0 Å². The number of rotatable bonds is 3. The Labute approximate surface area is 162 Å². The lowest BCUT2D eigenvalue weighted by Crippen LogP contribution is -2.43. The van der Waals surface area contributed by atoms with Crippen molar-refractivity contribution in [2.75, 3.05) is 24.1 Å². The SMILES string of the molecule is COc1cccc([C@H]2Nc3ccccc3C(=O)N2c2ccc3c(c2)OCO3)c1. The summed E-state index contributed by atoms with van der Waals surface area (Å²) in [5.41, 5.74) is 3.07. The zero-order chi connectivity index (χ0) is 19.1. The van der Waals surface area contributed by atoms with Gasteiger partial charge in [0.15, 0.2) is 11.5 Å². The Kier molecular flexibility index (Phi) is 3.83. The smallest absolute Gasteiger partial charge is 0.262 e. The first kappa shape index (κ1) is 16.5. The second-order valence-electron chi connectivity index (χ2n) is 6.58. The molecule has 0 saturated heterocycles. The van der Waals surface area contributed by atoms with Crippen LogP contribution in [0.5, 0.6) is 17.2 Å². The lowest BCUT2D eigenvalue weighted by atomic mass is 10.0. The van der Waals surface area contributed by atoms with Crippen LogP contribution < -0.4 is 24.4 Å². The van der Waals surface area contributed by atoms with E-state index in [1.807, 2.05) is 66.7 Å². The zero-order valence-corrected chi connectivity index (χ0v) is 15.2. The molecule has 0 spiro atoms. The molecule has 3 aromatic rings. The van der Waals surface area contributed by atoms with Crippen LogP contribution in [0, 0.1) is 0 Å². The van der Waals surface area contributed by atoms with E-state index >= 15 is 0 Å². The minimum atomic E-state index is -0.391. The van der Waals surface area contributed by atoms with Crippen molar-refractivity contribution in [2.24, 2.45) is 0 Å². The third-order valence-corrected chi connectivity index (χ3v) is 4.97. The molecule has 2 aliphatic rings. The minimum Gasteiger partial charge on any atom is -0.497 e. The van der Waals surface area contributed by atoms with Crippen LogP contribution in [-0.2, 0) is 0 Å². The Balaban J connectivity index is 1.65. The van der Waals surface area contributed by atoms with Crippen LogP contribution in [0.2, 0.25) is 0 Å². The van der Waals surface area contributed by atoms with Gasteiger partial charge in [0, 0.05) is 11.8 Å². The molecular formula is C22H18N2O4. The summed E-state index contributed by atoms with van der Waals surface area (Å²) >= 11 is 0. The number of hydrogen-bond acceptors (Lipinski definition) is 5. The van der Waals surface area contributed by atoms with Crippen molar-refractivity contribution in [1.29, 1.82) is 0 Å². The van der Waals surface area contributed by atoms with Crippen LogP contribution in [0.15, 0.2) is 66.7 Å². The van der Waals surface area contributed by atoms with E-state index in [0.29, 0.717) is 17.1 Å². The second kappa shape index (κ2) is 6.49. The van der Waals surface area contributed by atoms with Crippen LogP contribution in [0.3, 0.4) is 0 Å². The molecule has 6 heteroatoms. The molecular weight excluding hydrogens is 356 g/mol. The molecule has 28 heavy (non-hydrogen) atoms. The van der Waals surface area contributed by atoms with Gasteiger partial charge in [-0.25, -0.2) is 0 Å². The molecule has 5 rings (SSSR count). The van der Waals surface area contributed by atoms with Crippen molar-refractivity contribution in [3.63, 3.8) is 0 Å². The van der Waals surface area contributed by atoms with Crippen LogP contribution in [0.4, 0.5) is 11.4 Å². The molecule has 0 radical (unpaired) electrons. The van der Waals surface area contributed by atoms with E-state index in [2.05, 4.69) is 5.32 Å². The maximum Gasteiger partial charge on any atom is 0.262 e. The van der Waals surface area contributed by atoms with Gasteiger partial charge in [0.2, 0.25) is 6.79 Å². The van der Waals surface area contributed by atoms with E-state index in [1.54, 1.807) is 12.0 Å². The molecule has 0 saturated carbocycles. The van der Waals surface area contributed by atoms with Crippen LogP contribution >= 0.6 is 0 Å². The summed E-state index contributed by atoms with van der Waals surface area (Å²) in [5, 5.41) is 3.49. The maximum atomic E-state index is 13.4. The molecule has 6 nitrogen and oxygen atoms in total. The normalized spacial score (nSPS) is 17.1. The molecule has 1 amide bonds. The maximum absolute atomic E-state index is 13.4. The van der Waals surface area contributed by atoms with E-state index < -0.39 is 6.17 Å². The summed E-state index contributed by atoms with van der Waals surface area (Å²) in [4.78, 5) is 15.2. The second-order valence-corrected chi connectivity index (χ2v) is 6.58. The molecule has 3 aromatic carbocycles. The lowest BCUT2D eigenvalue weighted by Gasteiger charge is -2.38. The van der Waals surface area contributed by atoms with Crippen LogP contribution in [-0.4, -0.2) is 19.8 Å². The number of nitrogens with one attached hydrogen (secondary N) is 1. The van der Waals surface area contributed by atoms with Crippen molar-refractivity contribution >= 4 is 17.3 Å². The summed E-state index contributed by atoms with van der Waals surface area (Å²) in [6, 6.07) is 20.8. The van der Waals surface area contributed by atoms with E-state index in [9.17, 15) is 4.79 Å². The number of carbonyl (C=O) groups excluding carboxylic acids is 1. The Morgan fingerprint density at radius 2 is 1.86 bits per heavy atom. The number of carbonyl (C=O) groups is 1. The Morgan fingerprint density at radius 3 is 2.75 bits per heavy atom. The van der Waals surface area contributed by atoms with Crippen molar-refractivity contribution in [1.82, 2.24) is 0 Å². The predicted molar refractivity (Wildman–Crippen MR) is 105 cm³/mol. The molecule has 0 bridgehead atoms. The number of hydrogen-bond donors (Lipinski definition) is 1. The van der Waals surface area contributed by atoms with Crippen molar-refractivity contribution in [3.05, 3.63) is 77.9 Å². The van der Waals surface area contributed by atoms with E-state index in [-0.39, 0.29) is 12.7 Å². The van der Waals surface area contributed by atoms with Gasteiger partial charge < -0.3 is 19.5 Å². The monoisotopic (exact) mass is 374 g/mol. The number of nitrogens with zero attached hydrogens (tertiary/aromatic N) is 1. The molecule has 1 atom stereocenters. The number of amides is 1. The molecule has 140 valence electrons. The highest BCUT2D eigenvalue weighted by Gasteiger charge is 2.35. The Bertz CT molecular complexity index is 1070. The Morgan fingerprint density at radius 1 is 1.00 bits per heavy atom. The van der Waals surface area contributed by atoms with Gasteiger partial charge in [-0.1, -0.05) is 24.3 Å². The van der Waals surface area contributed by atoms with Crippen molar-refractivity contribution < 1.29 is 19.0 Å². The molecule has 2 aliphatic heterocycles. The average molecular weight is 374 g/mol. The summed E-state index contributed by atoms with van der Waals surface area (Å²) < 4.78 is 16.3. The van der Waals surface area contributed by atoms with Gasteiger partial charge in [0.25, 0.3) is 5.91 Å². The van der Waals surface area contributed by atoms with E-state index in [0.717, 1.165) is 22.7 Å². The van der Waals surface area contributed by atoms with E-state index in [4.69, 9.17) is 14.2 Å². The fourth-order valence-corrected chi connectivity index (χ4v) is 3.60. The van der Waals surface area contributed by atoms with Crippen LogP contribution in [0.1, 0.15) is 22.1 Å². The lowest BCUT2D eigenvalue weighted by molar-refractivity contribution is 0.0975. The highest BCUT2D eigenvalue weighted by Crippen LogP contribution is 2.41. The molecule has 0 aliphatic carbocycles. The Hall–Kier alpha value is -3.67. The minimum absolute atomic E-state index is 0.0824. The highest BCUT2D eigenvalue weighted by atomic mass is 16.7. The summed E-state index contributed by atoms with van der Waals surface area (Å²) in [7, 11) is 1.63. The molecule has 1 N–H and O–H groups in total. The summed E-state index contributed by atoms with van der Waals surface area (Å²) in [6.07, 6.45) is -0.391. The summed E-state index contributed by atoms with van der Waals surface area (Å²) in [6.45, 7) is 0.188. The highest BCUT2D eigenvalue weighted by molar-refractivity contribution is 6.12. The summed E-state index contributed by atoms with van der Waals surface area (Å²) in [5.74, 6) is 1.96. The average Bonchev–Trinajstić information content (AvgIpc) is 3.21. The number of fused-ring (bicyclic) bond motifs is 2. The zero-order valence-electron chi connectivity index (χ0n) is 15.2. The van der Waals surface area contributed by atoms with Gasteiger partial charge in [0.05, 0.1) is 18.4 Å². The number of para-hydroxylation sites is 1. The molecule has 0 aromatic heterocycles. The van der Waals surface area contributed by atoms with Gasteiger partial charge in [-0.05, 0) is 42.0 Å². The fraction of sp³-hybridized carbons (Fsp3) is 0.136. The van der Waals surface area contributed by atoms with Gasteiger partial charge in [-0.15, -0.1) is 0 Å². The quantitative estimate of drug-likeness (QED) is 0.745. The standard InChI is InChI=1S/C22H18N2O4/c1-26-16-6-4-5-14(11-16)21-23-18-8-3-2-7-17(18)22(25)24(21)15-9-10-19-20(12-15)28-13-27-19/h2-12,21,23H,13H2,1H3/t21-/m0/s1. The molecule has 0 unspecified atom stereocenters. The number of benzene rings is 3. The van der Waals surface area contributed by atoms with Gasteiger partial charge >= 0.3 is 0 Å². The van der Waals surface area contributed by atoms with Crippen molar-refractivity contribution in [3.8, 4) is 17.2 Å². The third-order valence-electron chi connectivity index (χ3n) is 4.97. The first-order chi connectivity index (χ1) is 13.7. The van der Waals surface area contributed by atoms with Gasteiger partial charge in [-0.3, -0.25) is 9.69 Å². The molecule has 0 fully saturated rings. The van der Waals surface area contributed by atoms with Gasteiger partial charge in [0.1, 0.15) is 11.9 Å². The van der Waals surface area contributed by atoms with Gasteiger partial charge in [-0.2, -0.15) is 0 Å². The first-order valence-corrected chi connectivity index (χ1v) is 8.97. The van der Waals surface area contributed by atoms with Crippen molar-refractivity contribution in [2.45, 2.75) is 6.17 Å². The third kappa shape index (κ3) is 2.62. The number of ether oxygens (including phenoxy) is 3. The molecule has 2 heterocycles. The largest absolute Gasteiger partial charge is 0.497 e. The van der Waals surface area contributed by atoms with E-state index in [1.165, 1.54) is 0 Å². The predicted octanol–water partition coefficient (Wildman–Crippen LogP) is 4.20. The number of methoxy groups -OCH3 is 1. The topological polar surface area (TPSA) is 60.0 Å². The number of anilines is 2. The first-order valence-electron chi connectivity index (χ1n) is 8.97. The fourth-order valence-electron chi connectivity index (χ4n) is 3.60.